The van der Waals surface area contributed by atoms with E-state index in [9.17, 15) is 26.3 Å². The Kier molecular flexibility index (Phi) is 5.12. The zero-order chi connectivity index (χ0) is 14.6. The number of nitrogen functional groups attached to an aromatic ring is 1. The summed E-state index contributed by atoms with van der Waals surface area (Å²) in [7, 11) is 0. The molecule has 0 aliphatic heterocycles. The molecule has 0 heterocycles. The number of nitrogens with two attached hydrogens (primary N) is 1. The second-order valence-electron chi connectivity index (χ2n) is 3.08. The van der Waals surface area contributed by atoms with Gasteiger partial charge in [-0.1, -0.05) is 0 Å². The van der Waals surface area contributed by atoms with E-state index in [4.69, 9.17) is 15.9 Å². The SMILES string of the molecule is FCC(F)(F)C(F)(F)F.Nc1cc(O)ccc1O. The lowest BCUT2D eigenvalue weighted by atomic mass is 10.3. The molecule has 3 nitrogen and oxygen atoms in total. The lowest BCUT2D eigenvalue weighted by Crippen LogP contribution is -2.38. The molecule has 0 fully saturated rings. The Morgan fingerprint density at radius 1 is 1.06 bits per heavy atom. The fourth-order valence-electron chi connectivity index (χ4n) is 0.618. The number of hydrogen-bond acceptors (Lipinski definition) is 3. The summed E-state index contributed by atoms with van der Waals surface area (Å²) in [5.41, 5.74) is 5.40. The molecule has 1 rings (SSSR count). The second-order valence-corrected chi connectivity index (χ2v) is 3.08. The van der Waals surface area contributed by atoms with Gasteiger partial charge in [0.25, 0.3) is 0 Å². The van der Waals surface area contributed by atoms with Crippen molar-refractivity contribution >= 4 is 5.69 Å². The van der Waals surface area contributed by atoms with Crippen molar-refractivity contribution in [1.29, 1.82) is 0 Å². The van der Waals surface area contributed by atoms with E-state index in [2.05, 4.69) is 0 Å². The average Bonchev–Trinajstić information content (AvgIpc) is 2.23. The topological polar surface area (TPSA) is 66.5 Å². The standard InChI is InChI=1S/C6H7NO2.C3H2F6/c7-5-3-4(8)1-2-6(5)9;4-1-2(5,6)3(7,8)9/h1-3,8-9H,7H2;1H2. The summed E-state index contributed by atoms with van der Waals surface area (Å²) in [5.74, 6) is -5.13. The Morgan fingerprint density at radius 2 is 1.56 bits per heavy atom. The first-order valence-corrected chi connectivity index (χ1v) is 4.29. The van der Waals surface area contributed by atoms with Gasteiger partial charge in [-0.2, -0.15) is 22.0 Å². The van der Waals surface area contributed by atoms with Crippen LogP contribution in [0.15, 0.2) is 18.2 Å². The Bertz CT molecular complexity index is 393. The van der Waals surface area contributed by atoms with Gasteiger partial charge in [0.2, 0.25) is 0 Å². The molecule has 0 amide bonds. The maximum Gasteiger partial charge on any atom is 0.456 e. The van der Waals surface area contributed by atoms with Gasteiger partial charge in [0.15, 0.2) is 6.67 Å². The first kappa shape index (κ1) is 16.2. The molecule has 0 saturated carbocycles. The number of halogens is 6. The number of hydrogen-bond donors (Lipinski definition) is 3. The monoisotopic (exact) mass is 277 g/mol. The van der Waals surface area contributed by atoms with Gasteiger partial charge in [-0.3, -0.25) is 0 Å². The zero-order valence-electron chi connectivity index (χ0n) is 8.68. The minimum absolute atomic E-state index is 0.00667. The largest absolute Gasteiger partial charge is 0.508 e. The summed E-state index contributed by atoms with van der Waals surface area (Å²) in [6.07, 6.45) is -5.76. The number of benzene rings is 1. The third-order valence-corrected chi connectivity index (χ3v) is 1.59. The predicted octanol–water partition coefficient (Wildman–Crippen LogP) is 2.83. The highest BCUT2D eigenvalue weighted by atomic mass is 19.4. The number of rotatable bonds is 1. The van der Waals surface area contributed by atoms with Crippen LogP contribution in [0.3, 0.4) is 0 Å². The number of alkyl halides is 6. The smallest absolute Gasteiger partial charge is 0.456 e. The minimum Gasteiger partial charge on any atom is -0.508 e. The number of phenols is 2. The van der Waals surface area contributed by atoms with E-state index < -0.39 is 18.8 Å². The third kappa shape index (κ3) is 4.60. The van der Waals surface area contributed by atoms with Gasteiger partial charge < -0.3 is 15.9 Å². The van der Waals surface area contributed by atoms with E-state index in [1.165, 1.54) is 18.2 Å². The first-order chi connectivity index (χ1) is 8.01. The van der Waals surface area contributed by atoms with Crippen molar-refractivity contribution in [3.63, 3.8) is 0 Å². The van der Waals surface area contributed by atoms with E-state index in [1.807, 2.05) is 0 Å². The van der Waals surface area contributed by atoms with Gasteiger partial charge in [0.05, 0.1) is 5.69 Å². The molecular formula is C9H9F6NO2. The lowest BCUT2D eigenvalue weighted by Gasteiger charge is -2.14. The molecule has 4 N–H and O–H groups in total. The summed E-state index contributed by atoms with van der Waals surface area (Å²) in [5, 5.41) is 17.6. The summed E-state index contributed by atoms with van der Waals surface area (Å²) in [4.78, 5) is 0. The minimum atomic E-state index is -5.76. The maximum absolute atomic E-state index is 11.2. The predicted molar refractivity (Wildman–Crippen MR) is 51.2 cm³/mol. The van der Waals surface area contributed by atoms with Crippen molar-refractivity contribution in [1.82, 2.24) is 0 Å². The highest BCUT2D eigenvalue weighted by Crippen LogP contribution is 2.35. The molecule has 1 aromatic carbocycles. The van der Waals surface area contributed by atoms with Gasteiger partial charge in [-0.15, -0.1) is 0 Å². The van der Waals surface area contributed by atoms with Gasteiger partial charge in [-0.05, 0) is 12.1 Å². The molecule has 0 unspecified atom stereocenters. The Hall–Kier alpha value is -1.80. The highest BCUT2D eigenvalue weighted by molar-refractivity contribution is 5.54. The summed E-state index contributed by atoms with van der Waals surface area (Å²) >= 11 is 0. The van der Waals surface area contributed by atoms with Crippen LogP contribution >= 0.6 is 0 Å². The Labute approximate surface area is 97.5 Å². The second kappa shape index (κ2) is 5.69. The molecule has 0 atom stereocenters. The van der Waals surface area contributed by atoms with Crippen LogP contribution in [-0.2, 0) is 0 Å². The van der Waals surface area contributed by atoms with E-state index >= 15 is 0 Å². The lowest BCUT2D eigenvalue weighted by molar-refractivity contribution is -0.286. The molecule has 0 saturated heterocycles. The number of anilines is 1. The summed E-state index contributed by atoms with van der Waals surface area (Å²) in [6, 6.07) is 3.99. The third-order valence-electron chi connectivity index (χ3n) is 1.59. The Morgan fingerprint density at radius 3 is 1.78 bits per heavy atom. The van der Waals surface area contributed by atoms with Crippen molar-refractivity contribution < 1.29 is 36.6 Å². The average molecular weight is 277 g/mol. The fourth-order valence-corrected chi connectivity index (χ4v) is 0.618. The van der Waals surface area contributed by atoms with Crippen LogP contribution in [0, 0.1) is 0 Å². The number of phenolic OH excluding ortho intramolecular Hbond substituents is 2. The van der Waals surface area contributed by atoms with E-state index in [-0.39, 0.29) is 17.2 Å². The van der Waals surface area contributed by atoms with Crippen LogP contribution in [0.5, 0.6) is 11.5 Å². The number of aromatic hydroxyl groups is 2. The molecule has 9 heteroatoms. The van der Waals surface area contributed by atoms with Gasteiger partial charge in [0, 0.05) is 6.07 Å². The van der Waals surface area contributed by atoms with Crippen molar-refractivity contribution in [2.45, 2.75) is 12.1 Å². The fraction of sp³-hybridized carbons (Fsp3) is 0.333. The van der Waals surface area contributed by atoms with Crippen molar-refractivity contribution in [3.05, 3.63) is 18.2 Å². The molecule has 104 valence electrons. The molecule has 0 bridgehead atoms. The normalized spacial score (nSPS) is 11.7. The summed E-state index contributed by atoms with van der Waals surface area (Å²) < 4.78 is 65.6. The molecule has 0 spiro atoms. The van der Waals surface area contributed by atoms with Gasteiger partial charge >= 0.3 is 12.1 Å². The first-order valence-electron chi connectivity index (χ1n) is 4.29. The van der Waals surface area contributed by atoms with Crippen molar-refractivity contribution in [2.75, 3.05) is 12.4 Å². The molecule has 0 aliphatic rings. The van der Waals surface area contributed by atoms with Crippen molar-refractivity contribution in [3.8, 4) is 11.5 Å². The molecule has 0 radical (unpaired) electrons. The van der Waals surface area contributed by atoms with Crippen LogP contribution in [-0.4, -0.2) is 29.0 Å². The van der Waals surface area contributed by atoms with E-state index in [0.717, 1.165) is 0 Å². The Balaban J connectivity index is 0.000000321. The van der Waals surface area contributed by atoms with Crippen LogP contribution in [0.25, 0.3) is 0 Å². The van der Waals surface area contributed by atoms with Gasteiger partial charge in [0.1, 0.15) is 11.5 Å². The van der Waals surface area contributed by atoms with Gasteiger partial charge in [-0.25, -0.2) is 4.39 Å². The van der Waals surface area contributed by atoms with Crippen LogP contribution in [0.1, 0.15) is 0 Å². The molecule has 1 aromatic rings. The summed E-state index contributed by atoms with van der Waals surface area (Å²) in [6.45, 7) is -2.70. The highest BCUT2D eigenvalue weighted by Gasteiger charge is 2.57. The van der Waals surface area contributed by atoms with Crippen LogP contribution in [0.4, 0.5) is 32.0 Å². The van der Waals surface area contributed by atoms with E-state index in [0.29, 0.717) is 0 Å². The van der Waals surface area contributed by atoms with Crippen LogP contribution < -0.4 is 5.73 Å². The molecule has 0 aliphatic carbocycles. The molecular weight excluding hydrogens is 268 g/mol. The van der Waals surface area contributed by atoms with Crippen molar-refractivity contribution in [2.24, 2.45) is 0 Å². The maximum atomic E-state index is 11.2. The van der Waals surface area contributed by atoms with Crippen LogP contribution in [0.2, 0.25) is 0 Å². The molecule has 0 aromatic heterocycles. The van der Waals surface area contributed by atoms with E-state index in [1.54, 1.807) is 0 Å². The quantitative estimate of drug-likeness (QED) is 0.320. The molecule has 18 heavy (non-hydrogen) atoms. The zero-order valence-corrected chi connectivity index (χ0v) is 8.68.